The molecule has 4 heteroatoms. The van der Waals surface area contributed by atoms with Gasteiger partial charge in [0.05, 0.1) is 6.54 Å². The maximum absolute atomic E-state index is 13.1. The van der Waals surface area contributed by atoms with Gasteiger partial charge in [0.25, 0.3) is 0 Å². The van der Waals surface area contributed by atoms with Crippen molar-refractivity contribution in [1.29, 1.82) is 0 Å². The summed E-state index contributed by atoms with van der Waals surface area (Å²) >= 11 is 0. The number of likely N-dealkylation sites (tertiary alicyclic amines) is 2. The zero-order valence-corrected chi connectivity index (χ0v) is 13.8. The van der Waals surface area contributed by atoms with E-state index in [9.17, 15) is 9.18 Å². The topological polar surface area (TPSA) is 23.6 Å². The molecule has 0 N–H and O–H groups in total. The molecule has 1 aromatic rings. The highest BCUT2D eigenvalue weighted by Crippen LogP contribution is 2.31. The van der Waals surface area contributed by atoms with Gasteiger partial charge in [0.15, 0.2) is 0 Å². The predicted octanol–water partition coefficient (Wildman–Crippen LogP) is 3.76. The summed E-state index contributed by atoms with van der Waals surface area (Å²) in [6.07, 6.45) is 8.21. The highest BCUT2D eigenvalue weighted by atomic mass is 19.1. The van der Waals surface area contributed by atoms with Crippen LogP contribution in [0.25, 0.3) is 0 Å². The second kappa shape index (κ2) is 7.91. The van der Waals surface area contributed by atoms with Gasteiger partial charge in [-0.05, 0) is 49.9 Å². The fourth-order valence-electron chi connectivity index (χ4n) is 3.85. The second-order valence-electron chi connectivity index (χ2n) is 6.83. The van der Waals surface area contributed by atoms with Gasteiger partial charge in [0, 0.05) is 19.1 Å². The number of rotatable bonds is 3. The first-order chi connectivity index (χ1) is 11.2. The van der Waals surface area contributed by atoms with Crippen molar-refractivity contribution in [1.82, 2.24) is 9.80 Å². The van der Waals surface area contributed by atoms with Crippen molar-refractivity contribution in [2.24, 2.45) is 0 Å². The van der Waals surface area contributed by atoms with Crippen LogP contribution < -0.4 is 0 Å². The van der Waals surface area contributed by atoms with Crippen molar-refractivity contribution in [3.8, 4) is 0 Å². The van der Waals surface area contributed by atoms with Gasteiger partial charge in [-0.15, -0.1) is 0 Å². The zero-order chi connectivity index (χ0) is 16.1. The Labute approximate surface area is 138 Å². The minimum Gasteiger partial charge on any atom is -0.342 e. The SMILES string of the molecule is O=C(CN1CCCC1c1ccc(F)cc1)N1CCCCCCC1. The molecule has 23 heavy (non-hydrogen) atoms. The van der Waals surface area contributed by atoms with Gasteiger partial charge >= 0.3 is 0 Å². The molecule has 3 nitrogen and oxygen atoms in total. The molecule has 0 radical (unpaired) electrons. The number of amides is 1. The molecule has 2 aliphatic heterocycles. The summed E-state index contributed by atoms with van der Waals surface area (Å²) < 4.78 is 13.1. The van der Waals surface area contributed by atoms with Crippen LogP contribution in [-0.4, -0.2) is 41.9 Å². The third-order valence-electron chi connectivity index (χ3n) is 5.17. The van der Waals surface area contributed by atoms with Crippen molar-refractivity contribution < 1.29 is 9.18 Å². The molecular weight excluding hydrogens is 291 g/mol. The highest BCUT2D eigenvalue weighted by molar-refractivity contribution is 5.78. The molecule has 2 aliphatic rings. The van der Waals surface area contributed by atoms with E-state index < -0.39 is 0 Å². The number of hydrogen-bond acceptors (Lipinski definition) is 2. The molecule has 3 rings (SSSR count). The molecule has 0 spiro atoms. The maximum Gasteiger partial charge on any atom is 0.236 e. The average molecular weight is 318 g/mol. The third kappa shape index (κ3) is 4.31. The Kier molecular flexibility index (Phi) is 5.65. The quantitative estimate of drug-likeness (QED) is 0.847. The highest BCUT2D eigenvalue weighted by Gasteiger charge is 2.29. The van der Waals surface area contributed by atoms with Crippen LogP contribution in [0.15, 0.2) is 24.3 Å². The van der Waals surface area contributed by atoms with Crippen LogP contribution in [0.5, 0.6) is 0 Å². The molecule has 1 aromatic carbocycles. The molecule has 0 saturated carbocycles. The number of halogens is 1. The molecule has 2 fully saturated rings. The Hall–Kier alpha value is -1.42. The second-order valence-corrected chi connectivity index (χ2v) is 6.83. The first-order valence-electron chi connectivity index (χ1n) is 9.01. The van der Waals surface area contributed by atoms with Crippen LogP contribution in [0.3, 0.4) is 0 Å². The first kappa shape index (κ1) is 16.4. The summed E-state index contributed by atoms with van der Waals surface area (Å²) in [5.41, 5.74) is 1.13. The third-order valence-corrected chi connectivity index (χ3v) is 5.17. The van der Waals surface area contributed by atoms with Crippen LogP contribution in [0.1, 0.15) is 56.6 Å². The molecule has 126 valence electrons. The Morgan fingerprint density at radius 2 is 1.61 bits per heavy atom. The number of hydrogen-bond donors (Lipinski definition) is 0. The van der Waals surface area contributed by atoms with E-state index in [0.717, 1.165) is 50.9 Å². The van der Waals surface area contributed by atoms with Crippen molar-refractivity contribution >= 4 is 5.91 Å². The van der Waals surface area contributed by atoms with Crippen LogP contribution in [0, 0.1) is 5.82 Å². The van der Waals surface area contributed by atoms with Gasteiger partial charge in [0.1, 0.15) is 5.82 Å². The fraction of sp³-hybridized carbons (Fsp3) is 0.632. The number of benzene rings is 1. The van der Waals surface area contributed by atoms with E-state index in [-0.39, 0.29) is 17.8 Å². The van der Waals surface area contributed by atoms with Gasteiger partial charge in [-0.2, -0.15) is 0 Å². The summed E-state index contributed by atoms with van der Waals surface area (Å²) in [6, 6.07) is 7.02. The van der Waals surface area contributed by atoms with Crippen LogP contribution in [0.2, 0.25) is 0 Å². The van der Waals surface area contributed by atoms with Crippen LogP contribution >= 0.6 is 0 Å². The smallest absolute Gasteiger partial charge is 0.236 e. The molecule has 0 bridgehead atoms. The van der Waals surface area contributed by atoms with E-state index in [2.05, 4.69) is 9.80 Å². The maximum atomic E-state index is 13.1. The van der Waals surface area contributed by atoms with Gasteiger partial charge < -0.3 is 4.90 Å². The molecular formula is C19H27FN2O. The Morgan fingerprint density at radius 3 is 2.30 bits per heavy atom. The van der Waals surface area contributed by atoms with E-state index in [1.54, 1.807) is 0 Å². The van der Waals surface area contributed by atoms with E-state index in [0.29, 0.717) is 6.54 Å². The molecule has 0 aliphatic carbocycles. The lowest BCUT2D eigenvalue weighted by atomic mass is 10.0. The minimum atomic E-state index is -0.199. The summed E-state index contributed by atoms with van der Waals surface area (Å²) in [6.45, 7) is 3.28. The zero-order valence-electron chi connectivity index (χ0n) is 13.8. The van der Waals surface area contributed by atoms with Crippen molar-refractivity contribution in [3.63, 3.8) is 0 Å². The van der Waals surface area contributed by atoms with Gasteiger partial charge in [-0.25, -0.2) is 4.39 Å². The lowest BCUT2D eigenvalue weighted by molar-refractivity contribution is -0.133. The van der Waals surface area contributed by atoms with E-state index >= 15 is 0 Å². The van der Waals surface area contributed by atoms with E-state index in [1.807, 2.05) is 12.1 Å². The van der Waals surface area contributed by atoms with E-state index in [4.69, 9.17) is 0 Å². The minimum absolute atomic E-state index is 0.199. The fourth-order valence-corrected chi connectivity index (χ4v) is 3.85. The largest absolute Gasteiger partial charge is 0.342 e. The summed E-state index contributed by atoms with van der Waals surface area (Å²) in [5, 5.41) is 0. The van der Waals surface area contributed by atoms with Gasteiger partial charge in [-0.3, -0.25) is 9.69 Å². The summed E-state index contributed by atoms with van der Waals surface area (Å²) in [7, 11) is 0. The number of carbonyl (C=O) groups excluding carboxylic acids is 1. The summed E-state index contributed by atoms with van der Waals surface area (Å²) in [5.74, 6) is 0.0657. The Balaban J connectivity index is 1.61. The normalized spacial score (nSPS) is 23.5. The van der Waals surface area contributed by atoms with Crippen molar-refractivity contribution in [3.05, 3.63) is 35.6 Å². The number of nitrogens with zero attached hydrogens (tertiary/aromatic N) is 2. The summed E-state index contributed by atoms with van der Waals surface area (Å²) in [4.78, 5) is 17.0. The molecule has 2 saturated heterocycles. The monoisotopic (exact) mass is 318 g/mol. The number of carbonyl (C=O) groups is 1. The van der Waals surface area contributed by atoms with Crippen LogP contribution in [-0.2, 0) is 4.79 Å². The van der Waals surface area contributed by atoms with Crippen molar-refractivity contribution in [2.45, 2.75) is 51.0 Å². The van der Waals surface area contributed by atoms with Crippen LogP contribution in [0.4, 0.5) is 4.39 Å². The van der Waals surface area contributed by atoms with Crippen molar-refractivity contribution in [2.75, 3.05) is 26.2 Å². The predicted molar refractivity (Wildman–Crippen MR) is 89.6 cm³/mol. The lowest BCUT2D eigenvalue weighted by Gasteiger charge is -2.29. The molecule has 1 unspecified atom stereocenters. The molecule has 2 heterocycles. The first-order valence-corrected chi connectivity index (χ1v) is 9.01. The van der Waals surface area contributed by atoms with Gasteiger partial charge in [-0.1, -0.05) is 31.4 Å². The Morgan fingerprint density at radius 1 is 0.957 bits per heavy atom. The lowest BCUT2D eigenvalue weighted by Crippen LogP contribution is -2.41. The van der Waals surface area contributed by atoms with E-state index in [1.165, 1.54) is 31.4 Å². The average Bonchev–Trinajstić information content (AvgIpc) is 2.95. The van der Waals surface area contributed by atoms with Gasteiger partial charge in [0.2, 0.25) is 5.91 Å². The molecule has 0 aromatic heterocycles. The molecule has 1 atom stereocenters. The molecule has 1 amide bonds. The standard InChI is InChI=1S/C19H27FN2O/c20-17-10-8-16(9-11-17)18-7-6-14-22(18)15-19(23)21-12-4-2-1-3-5-13-21/h8-11,18H,1-7,12-15H2. The Bertz CT molecular complexity index is 509.